The lowest BCUT2D eigenvalue weighted by Crippen LogP contribution is -2.40. The zero-order valence-corrected chi connectivity index (χ0v) is 11.3. The molecule has 20 heavy (non-hydrogen) atoms. The Hall–Kier alpha value is -2.12. The summed E-state index contributed by atoms with van der Waals surface area (Å²) in [6, 6.07) is 9.15. The summed E-state index contributed by atoms with van der Waals surface area (Å²) in [4.78, 5) is 13.8. The van der Waals surface area contributed by atoms with Crippen LogP contribution in [0.1, 0.15) is 24.0 Å². The van der Waals surface area contributed by atoms with Gasteiger partial charge in [0.2, 0.25) is 5.91 Å². The molecule has 0 aromatic heterocycles. The van der Waals surface area contributed by atoms with Gasteiger partial charge in [-0.15, -0.1) is 0 Å². The smallest absolute Gasteiger partial charge is 0.246 e. The predicted molar refractivity (Wildman–Crippen MR) is 76.6 cm³/mol. The van der Waals surface area contributed by atoms with Crippen LogP contribution in [0.2, 0.25) is 0 Å². The molecule has 0 bridgehead atoms. The van der Waals surface area contributed by atoms with Crippen LogP contribution in [0, 0.1) is 17.2 Å². The van der Waals surface area contributed by atoms with Gasteiger partial charge in [0.15, 0.2) is 0 Å². The number of carbonyl (C=O) groups is 1. The Bertz CT molecular complexity index is 528. The van der Waals surface area contributed by atoms with E-state index in [-0.39, 0.29) is 18.4 Å². The summed E-state index contributed by atoms with van der Waals surface area (Å²) in [7, 11) is 0. The topological polar surface area (TPSA) is 64.3 Å². The van der Waals surface area contributed by atoms with E-state index in [1.165, 1.54) is 0 Å². The zero-order valence-electron chi connectivity index (χ0n) is 11.3. The van der Waals surface area contributed by atoms with Crippen LogP contribution in [-0.4, -0.2) is 35.6 Å². The molecule has 1 unspecified atom stereocenters. The maximum Gasteiger partial charge on any atom is 0.246 e. The number of piperidine rings is 1. The van der Waals surface area contributed by atoms with Gasteiger partial charge in [0.05, 0.1) is 11.6 Å². The number of amides is 1. The third-order valence-corrected chi connectivity index (χ3v) is 3.55. The van der Waals surface area contributed by atoms with E-state index in [4.69, 9.17) is 10.4 Å². The summed E-state index contributed by atoms with van der Waals surface area (Å²) in [5.41, 5.74) is 1.50. The fourth-order valence-electron chi connectivity index (χ4n) is 2.36. The highest BCUT2D eigenvalue weighted by atomic mass is 16.3. The van der Waals surface area contributed by atoms with E-state index in [1.54, 1.807) is 29.2 Å². The third-order valence-electron chi connectivity index (χ3n) is 3.55. The highest BCUT2D eigenvalue weighted by Gasteiger charge is 2.21. The number of carbonyl (C=O) groups excluding carboxylic acids is 1. The Balaban J connectivity index is 1.96. The van der Waals surface area contributed by atoms with E-state index < -0.39 is 0 Å². The van der Waals surface area contributed by atoms with E-state index in [9.17, 15) is 4.79 Å². The van der Waals surface area contributed by atoms with Crippen molar-refractivity contribution in [3.63, 3.8) is 0 Å². The van der Waals surface area contributed by atoms with Crippen molar-refractivity contribution in [1.82, 2.24) is 4.90 Å². The molecule has 1 atom stereocenters. The molecule has 0 spiro atoms. The molecule has 0 radical (unpaired) electrons. The van der Waals surface area contributed by atoms with Crippen molar-refractivity contribution >= 4 is 12.0 Å². The molecule has 1 fully saturated rings. The number of aliphatic hydroxyl groups is 1. The van der Waals surface area contributed by atoms with Crippen molar-refractivity contribution in [3.8, 4) is 6.07 Å². The van der Waals surface area contributed by atoms with Crippen molar-refractivity contribution in [2.24, 2.45) is 5.92 Å². The number of aliphatic hydroxyl groups excluding tert-OH is 1. The summed E-state index contributed by atoms with van der Waals surface area (Å²) in [6.45, 7) is 1.53. The SMILES string of the molecule is N#Cc1ccc(/C=C/C(=O)N2CCCC(CO)C2)cc1. The molecule has 0 saturated carbocycles. The molecule has 4 nitrogen and oxygen atoms in total. The first kappa shape index (κ1) is 14.3. The monoisotopic (exact) mass is 270 g/mol. The minimum absolute atomic E-state index is 0.0208. The molecule has 2 rings (SSSR count). The molecular weight excluding hydrogens is 252 g/mol. The number of hydrogen-bond donors (Lipinski definition) is 1. The molecule has 1 saturated heterocycles. The van der Waals surface area contributed by atoms with Gasteiger partial charge in [0.25, 0.3) is 0 Å². The van der Waals surface area contributed by atoms with E-state index in [2.05, 4.69) is 6.07 Å². The third kappa shape index (κ3) is 3.69. The van der Waals surface area contributed by atoms with Crippen LogP contribution in [-0.2, 0) is 4.79 Å². The largest absolute Gasteiger partial charge is 0.396 e. The first-order chi connectivity index (χ1) is 9.72. The van der Waals surface area contributed by atoms with Crippen molar-refractivity contribution < 1.29 is 9.90 Å². The number of hydrogen-bond acceptors (Lipinski definition) is 3. The van der Waals surface area contributed by atoms with Gasteiger partial charge in [-0.1, -0.05) is 12.1 Å². The first-order valence-electron chi connectivity index (χ1n) is 6.81. The zero-order chi connectivity index (χ0) is 14.4. The fraction of sp³-hybridized carbons (Fsp3) is 0.375. The van der Waals surface area contributed by atoms with Crippen LogP contribution < -0.4 is 0 Å². The maximum atomic E-state index is 12.1. The maximum absolute atomic E-state index is 12.1. The molecule has 0 aliphatic carbocycles. The summed E-state index contributed by atoms with van der Waals surface area (Å²) < 4.78 is 0. The first-order valence-corrected chi connectivity index (χ1v) is 6.81. The second-order valence-electron chi connectivity index (χ2n) is 5.04. The average Bonchev–Trinajstić information content (AvgIpc) is 2.53. The van der Waals surface area contributed by atoms with Crippen LogP contribution in [0.3, 0.4) is 0 Å². The number of likely N-dealkylation sites (tertiary alicyclic amines) is 1. The highest BCUT2D eigenvalue weighted by molar-refractivity contribution is 5.91. The van der Waals surface area contributed by atoms with Gasteiger partial charge in [-0.2, -0.15) is 5.26 Å². The quantitative estimate of drug-likeness (QED) is 0.852. The standard InChI is InChI=1S/C16H18N2O2/c17-10-14-5-3-13(4-6-14)7-8-16(20)18-9-1-2-15(11-18)12-19/h3-8,15,19H,1-2,9,11-12H2/b8-7+. The molecule has 1 aliphatic heterocycles. The lowest BCUT2D eigenvalue weighted by molar-refractivity contribution is -0.127. The second-order valence-corrected chi connectivity index (χ2v) is 5.04. The van der Waals surface area contributed by atoms with Gasteiger partial charge >= 0.3 is 0 Å². The van der Waals surface area contributed by atoms with Gasteiger partial charge in [-0.25, -0.2) is 0 Å². The molecule has 1 aromatic carbocycles. The predicted octanol–water partition coefficient (Wildman–Crippen LogP) is 1.80. The van der Waals surface area contributed by atoms with Gasteiger partial charge < -0.3 is 10.0 Å². The Kier molecular flexibility index (Phi) is 4.91. The summed E-state index contributed by atoms with van der Waals surface area (Å²) >= 11 is 0. The molecule has 1 amide bonds. The molecule has 1 aromatic rings. The van der Waals surface area contributed by atoms with Crippen molar-refractivity contribution in [2.45, 2.75) is 12.8 Å². The minimum atomic E-state index is -0.0208. The molecule has 104 valence electrons. The normalized spacial score (nSPS) is 19.0. The van der Waals surface area contributed by atoms with Gasteiger partial charge in [0, 0.05) is 25.8 Å². The van der Waals surface area contributed by atoms with Crippen LogP contribution in [0.5, 0.6) is 0 Å². The van der Waals surface area contributed by atoms with Crippen LogP contribution in [0.15, 0.2) is 30.3 Å². The van der Waals surface area contributed by atoms with Gasteiger partial charge in [0.1, 0.15) is 0 Å². The highest BCUT2D eigenvalue weighted by Crippen LogP contribution is 2.16. The lowest BCUT2D eigenvalue weighted by atomic mass is 9.99. The Labute approximate surface area is 118 Å². The van der Waals surface area contributed by atoms with Crippen molar-refractivity contribution in [1.29, 1.82) is 5.26 Å². The van der Waals surface area contributed by atoms with E-state index in [0.29, 0.717) is 12.1 Å². The summed E-state index contributed by atoms with van der Waals surface area (Å²) in [6.07, 6.45) is 5.24. The van der Waals surface area contributed by atoms with Crippen molar-refractivity contribution in [2.75, 3.05) is 19.7 Å². The summed E-state index contributed by atoms with van der Waals surface area (Å²) in [5, 5.41) is 17.9. The molecular formula is C16H18N2O2. The number of benzene rings is 1. The van der Waals surface area contributed by atoms with E-state index >= 15 is 0 Å². The molecule has 1 N–H and O–H groups in total. The van der Waals surface area contributed by atoms with Crippen LogP contribution in [0.4, 0.5) is 0 Å². The number of nitriles is 1. The number of nitrogens with zero attached hydrogens (tertiary/aromatic N) is 2. The summed E-state index contributed by atoms with van der Waals surface area (Å²) in [5.74, 6) is 0.184. The van der Waals surface area contributed by atoms with Crippen LogP contribution in [0.25, 0.3) is 6.08 Å². The minimum Gasteiger partial charge on any atom is -0.396 e. The van der Waals surface area contributed by atoms with E-state index in [0.717, 1.165) is 24.9 Å². The van der Waals surface area contributed by atoms with E-state index in [1.807, 2.05) is 12.1 Å². The fourth-order valence-corrected chi connectivity index (χ4v) is 2.36. The Morgan fingerprint density at radius 2 is 2.20 bits per heavy atom. The lowest BCUT2D eigenvalue weighted by Gasteiger charge is -2.31. The van der Waals surface area contributed by atoms with Crippen LogP contribution >= 0.6 is 0 Å². The van der Waals surface area contributed by atoms with Crippen molar-refractivity contribution in [3.05, 3.63) is 41.5 Å². The number of rotatable bonds is 3. The second kappa shape index (κ2) is 6.88. The molecule has 1 heterocycles. The van der Waals surface area contributed by atoms with Gasteiger partial charge in [-0.05, 0) is 42.5 Å². The Morgan fingerprint density at radius 1 is 1.45 bits per heavy atom. The van der Waals surface area contributed by atoms with Gasteiger partial charge in [-0.3, -0.25) is 4.79 Å². The Morgan fingerprint density at radius 3 is 2.85 bits per heavy atom. The molecule has 4 heteroatoms. The molecule has 1 aliphatic rings. The average molecular weight is 270 g/mol.